The third-order valence-corrected chi connectivity index (χ3v) is 3.18. The smallest absolute Gasteiger partial charge is 0.283 e. The van der Waals surface area contributed by atoms with Crippen molar-refractivity contribution in [1.29, 1.82) is 0 Å². The third kappa shape index (κ3) is 4.23. The number of nitrogens with zero attached hydrogens (tertiary/aromatic N) is 4. The van der Waals surface area contributed by atoms with Crippen molar-refractivity contribution in [3.05, 3.63) is 85.1 Å². The fourth-order valence-corrected chi connectivity index (χ4v) is 2.02. The van der Waals surface area contributed by atoms with Gasteiger partial charge in [-0.3, -0.25) is 35.3 Å². The Morgan fingerprint density at radius 1 is 0.769 bits per heavy atom. The number of nitrogens with two attached hydrogens (primary N) is 1. The molecule has 1 heterocycles. The Labute approximate surface area is 145 Å². The molecule has 0 fully saturated rings. The fraction of sp³-hybridized carbons (Fsp3) is 0. The fourth-order valence-electron chi connectivity index (χ4n) is 2.02. The van der Waals surface area contributed by atoms with E-state index < -0.39 is 31.8 Å². The zero-order valence-corrected chi connectivity index (χ0v) is 13.0. The first-order chi connectivity index (χ1) is 12.3. The normalized spacial score (nSPS) is 9.85. The number of para-hydroxylation sites is 1. The summed E-state index contributed by atoms with van der Waals surface area (Å²) in [7, 11) is 0. The van der Waals surface area contributed by atoms with Gasteiger partial charge in [0.15, 0.2) is 0 Å². The van der Waals surface area contributed by atoms with Crippen LogP contribution in [0.5, 0.6) is 0 Å². The molecule has 1 aromatic heterocycles. The first-order valence-corrected chi connectivity index (χ1v) is 6.97. The van der Waals surface area contributed by atoms with Crippen LogP contribution in [0.4, 0.5) is 22.7 Å². The number of non-ortho nitro benzene ring substituents is 3. The Balaban J connectivity index is 0.000000195. The van der Waals surface area contributed by atoms with Crippen molar-refractivity contribution in [3.63, 3.8) is 0 Å². The van der Waals surface area contributed by atoms with Crippen LogP contribution in [0.15, 0.2) is 54.7 Å². The number of nitrogen functional groups attached to an aromatic ring is 1. The van der Waals surface area contributed by atoms with Crippen molar-refractivity contribution in [2.24, 2.45) is 0 Å². The summed E-state index contributed by atoms with van der Waals surface area (Å²) in [5.74, 6) is 0. The summed E-state index contributed by atoms with van der Waals surface area (Å²) in [5, 5.41) is 32.0. The van der Waals surface area contributed by atoms with E-state index in [1.165, 1.54) is 0 Å². The van der Waals surface area contributed by atoms with Crippen molar-refractivity contribution in [3.8, 4) is 0 Å². The second-order valence-electron chi connectivity index (χ2n) is 4.90. The largest absolute Gasteiger partial charge is 0.397 e. The molecule has 0 saturated carbocycles. The maximum Gasteiger partial charge on any atom is 0.283 e. The number of aromatic nitrogens is 1. The Bertz CT molecular complexity index is 922. The molecule has 0 aliphatic heterocycles. The Hall–Kier alpha value is -4.15. The molecule has 2 N–H and O–H groups in total. The number of nitro benzene ring substituents is 3. The lowest BCUT2D eigenvalue weighted by molar-refractivity contribution is -0.403. The molecule has 0 radical (unpaired) electrons. The summed E-state index contributed by atoms with van der Waals surface area (Å²) < 4.78 is 0. The first-order valence-electron chi connectivity index (χ1n) is 6.97. The zero-order chi connectivity index (χ0) is 19.3. The van der Waals surface area contributed by atoms with Gasteiger partial charge in [-0.2, -0.15) is 0 Å². The van der Waals surface area contributed by atoms with Crippen LogP contribution in [0.2, 0.25) is 0 Å². The van der Waals surface area contributed by atoms with Gasteiger partial charge in [0.1, 0.15) is 0 Å². The monoisotopic (exact) mass is 357 g/mol. The highest BCUT2D eigenvalue weighted by atomic mass is 16.6. The van der Waals surface area contributed by atoms with E-state index >= 15 is 0 Å². The summed E-state index contributed by atoms with van der Waals surface area (Å²) in [6.07, 6.45) is 1.75. The number of anilines is 1. The SMILES string of the molecule is Nc1cccc2cccnc12.O=[N+]([O-])c1cc([N+](=O)[O-])cc([N+](=O)[O-])c1. The lowest BCUT2D eigenvalue weighted by Gasteiger charge is -1.97. The Morgan fingerprint density at radius 2 is 1.23 bits per heavy atom. The zero-order valence-electron chi connectivity index (χ0n) is 13.0. The van der Waals surface area contributed by atoms with Gasteiger partial charge in [-0.15, -0.1) is 0 Å². The molecule has 0 spiro atoms. The molecule has 0 atom stereocenters. The predicted octanol–water partition coefficient (Wildman–Crippen LogP) is 3.23. The maximum absolute atomic E-state index is 10.3. The van der Waals surface area contributed by atoms with Gasteiger partial charge in [-0.05, 0) is 12.1 Å². The van der Waals surface area contributed by atoms with E-state index in [0.717, 1.165) is 16.6 Å². The molecule has 132 valence electrons. The van der Waals surface area contributed by atoms with Gasteiger partial charge < -0.3 is 5.73 Å². The molecule has 3 aromatic rings. The van der Waals surface area contributed by atoms with Gasteiger partial charge in [-0.1, -0.05) is 18.2 Å². The van der Waals surface area contributed by atoms with Crippen LogP contribution in [0.3, 0.4) is 0 Å². The molecule has 2 aromatic carbocycles. The van der Waals surface area contributed by atoms with Crippen molar-refractivity contribution in [2.75, 3.05) is 5.73 Å². The van der Waals surface area contributed by atoms with Crippen molar-refractivity contribution < 1.29 is 14.8 Å². The molecule has 0 aliphatic rings. The highest BCUT2D eigenvalue weighted by molar-refractivity contribution is 5.88. The number of fused-ring (bicyclic) bond motifs is 1. The van der Waals surface area contributed by atoms with E-state index in [1.807, 2.05) is 30.3 Å². The number of hydrogen-bond donors (Lipinski definition) is 1. The average molecular weight is 357 g/mol. The van der Waals surface area contributed by atoms with Gasteiger partial charge in [0.2, 0.25) is 0 Å². The summed E-state index contributed by atoms with van der Waals surface area (Å²) in [4.78, 5) is 32.3. The van der Waals surface area contributed by atoms with E-state index in [-0.39, 0.29) is 0 Å². The van der Waals surface area contributed by atoms with E-state index in [2.05, 4.69) is 4.98 Å². The van der Waals surface area contributed by atoms with Crippen LogP contribution in [0.25, 0.3) is 10.9 Å². The second kappa shape index (κ2) is 7.61. The van der Waals surface area contributed by atoms with Crippen LogP contribution in [-0.2, 0) is 0 Å². The minimum atomic E-state index is -0.931. The Kier molecular flexibility index (Phi) is 5.33. The van der Waals surface area contributed by atoms with Crippen molar-refractivity contribution in [1.82, 2.24) is 4.98 Å². The molecule has 11 heteroatoms. The predicted molar refractivity (Wildman–Crippen MR) is 92.6 cm³/mol. The average Bonchev–Trinajstić information content (AvgIpc) is 2.62. The molecular formula is C15H11N5O6. The summed E-state index contributed by atoms with van der Waals surface area (Å²) in [6, 6.07) is 11.7. The summed E-state index contributed by atoms with van der Waals surface area (Å²) >= 11 is 0. The minimum absolute atomic E-state index is 0.660. The standard InChI is InChI=1S/C9H8N2.C6H3N3O6/c10-8-5-1-3-7-4-2-6-11-9(7)8;10-7(11)4-1-5(8(12)13)3-6(2-4)9(14)15/h1-6H,10H2;1-3H. The molecule has 0 saturated heterocycles. The first kappa shape index (κ1) is 18.2. The van der Waals surface area contributed by atoms with Gasteiger partial charge in [0, 0.05) is 11.6 Å². The molecule has 0 amide bonds. The molecule has 0 unspecified atom stereocenters. The second-order valence-corrected chi connectivity index (χ2v) is 4.90. The number of hydrogen-bond acceptors (Lipinski definition) is 8. The van der Waals surface area contributed by atoms with E-state index in [0.29, 0.717) is 18.2 Å². The van der Waals surface area contributed by atoms with Gasteiger partial charge in [0.05, 0.1) is 44.2 Å². The molecule has 26 heavy (non-hydrogen) atoms. The van der Waals surface area contributed by atoms with E-state index in [4.69, 9.17) is 5.73 Å². The quantitative estimate of drug-likeness (QED) is 0.423. The van der Waals surface area contributed by atoms with Crippen LogP contribution in [0, 0.1) is 30.3 Å². The maximum atomic E-state index is 10.3. The minimum Gasteiger partial charge on any atom is -0.397 e. The van der Waals surface area contributed by atoms with Crippen molar-refractivity contribution >= 4 is 33.7 Å². The van der Waals surface area contributed by atoms with Crippen LogP contribution < -0.4 is 5.73 Å². The van der Waals surface area contributed by atoms with Gasteiger partial charge >= 0.3 is 0 Å². The number of rotatable bonds is 3. The number of pyridine rings is 1. The lowest BCUT2D eigenvalue weighted by Crippen LogP contribution is -1.96. The van der Waals surface area contributed by atoms with Gasteiger partial charge in [-0.25, -0.2) is 0 Å². The number of nitro groups is 3. The summed E-state index contributed by atoms with van der Waals surface area (Å²) in [5.41, 5.74) is 5.26. The number of benzene rings is 2. The molecule has 11 nitrogen and oxygen atoms in total. The van der Waals surface area contributed by atoms with Crippen LogP contribution >= 0.6 is 0 Å². The third-order valence-electron chi connectivity index (χ3n) is 3.18. The molecule has 0 aliphatic carbocycles. The Morgan fingerprint density at radius 3 is 1.65 bits per heavy atom. The van der Waals surface area contributed by atoms with Crippen LogP contribution in [-0.4, -0.2) is 19.8 Å². The highest BCUT2D eigenvalue weighted by Gasteiger charge is 2.21. The lowest BCUT2D eigenvalue weighted by atomic mass is 10.2. The molecule has 3 rings (SSSR count). The van der Waals surface area contributed by atoms with Crippen LogP contribution in [0.1, 0.15) is 0 Å². The molecule has 0 bridgehead atoms. The molecular weight excluding hydrogens is 346 g/mol. The summed E-state index contributed by atoms with van der Waals surface area (Å²) in [6.45, 7) is 0. The van der Waals surface area contributed by atoms with Gasteiger partial charge in [0.25, 0.3) is 17.1 Å². The topological polar surface area (TPSA) is 168 Å². The van der Waals surface area contributed by atoms with E-state index in [9.17, 15) is 30.3 Å². The van der Waals surface area contributed by atoms with E-state index in [1.54, 1.807) is 6.20 Å². The highest BCUT2D eigenvalue weighted by Crippen LogP contribution is 2.26. The van der Waals surface area contributed by atoms with Crippen molar-refractivity contribution in [2.45, 2.75) is 0 Å².